The molecule has 13 rings (SSSR count). The second kappa shape index (κ2) is 60.1. The summed E-state index contributed by atoms with van der Waals surface area (Å²) in [5.41, 5.74) is 2.98. The molecule has 0 radical (unpaired) electrons. The van der Waals surface area contributed by atoms with Crippen molar-refractivity contribution in [2.75, 3.05) is 282 Å². The number of amides is 3. The molecule has 13 saturated heterocycles. The van der Waals surface area contributed by atoms with E-state index >= 15 is 0 Å². The summed E-state index contributed by atoms with van der Waals surface area (Å²) in [6.07, 6.45) is 28.0. The van der Waals surface area contributed by atoms with Crippen molar-refractivity contribution in [3.05, 3.63) is 0 Å². The first-order chi connectivity index (χ1) is 64.7. The number of ether oxygens (including phenoxy) is 1. The summed E-state index contributed by atoms with van der Waals surface area (Å²) >= 11 is 0. The van der Waals surface area contributed by atoms with Crippen LogP contribution in [0.3, 0.4) is 0 Å². The van der Waals surface area contributed by atoms with E-state index in [1.165, 1.54) is 253 Å². The molecule has 0 aromatic heterocycles. The van der Waals surface area contributed by atoms with E-state index in [1.807, 2.05) is 21.0 Å². The van der Waals surface area contributed by atoms with E-state index in [0.29, 0.717) is 80.4 Å². The minimum absolute atomic E-state index is 0.143. The Kier molecular flexibility index (Phi) is 55.0. The molecule has 0 bridgehead atoms. The maximum Gasteiger partial charge on any atom is 0.251 e. The maximum absolute atomic E-state index is 11.9. The van der Waals surface area contributed by atoms with Crippen LogP contribution in [0.4, 0.5) is 0 Å². The number of likely N-dealkylation sites (tertiary alicyclic amines) is 10. The Morgan fingerprint density at radius 3 is 0.807 bits per heavy atom. The quantitative estimate of drug-likeness (QED) is 0.117. The average Bonchev–Trinajstić information content (AvgIpc) is 1.68. The van der Waals surface area contributed by atoms with E-state index in [-0.39, 0.29) is 23.8 Å². The monoisotopic (exact) mass is 2000 g/mol. The van der Waals surface area contributed by atoms with Crippen LogP contribution < -0.4 is 0 Å². The number of carbonyl (C=O) groups is 3. The van der Waals surface area contributed by atoms with Crippen molar-refractivity contribution in [1.29, 1.82) is 0 Å². The first-order valence-electron chi connectivity index (χ1n) is 56.8. The summed E-state index contributed by atoms with van der Waals surface area (Å²) in [5.74, 6) is 0.588. The van der Waals surface area contributed by atoms with Gasteiger partial charge in [0.15, 0.2) is 0 Å². The van der Waals surface area contributed by atoms with Gasteiger partial charge in [-0.15, -0.1) is 0 Å². The molecular formula is C114H230N16O9S. The molecule has 13 aliphatic heterocycles. The molecule has 3 amide bonds. The highest BCUT2D eigenvalue weighted by molar-refractivity contribution is 7.88. The Morgan fingerprint density at radius 2 is 0.564 bits per heavy atom. The van der Waals surface area contributed by atoms with Crippen LogP contribution in [0, 0.1) is 54.7 Å². The number of nitrogens with zero attached hydrogens (tertiary/aromatic N) is 16. The number of rotatable bonds is 18. The summed E-state index contributed by atoms with van der Waals surface area (Å²) in [4.78, 5) is 71.2. The molecule has 25 nitrogen and oxygen atoms in total. The zero-order valence-electron chi connectivity index (χ0n) is 97.7. The smallest absolute Gasteiger partial charge is 0.251 e. The minimum Gasteiger partial charge on any atom is -0.390 e. The maximum atomic E-state index is 11.9. The van der Waals surface area contributed by atoms with Gasteiger partial charge in [-0.3, -0.25) is 24.2 Å². The van der Waals surface area contributed by atoms with Crippen molar-refractivity contribution in [2.45, 2.75) is 385 Å². The molecule has 0 saturated carbocycles. The van der Waals surface area contributed by atoms with Crippen LogP contribution in [0.25, 0.3) is 0 Å². The van der Waals surface area contributed by atoms with E-state index in [9.17, 15) is 33.0 Å². The molecule has 26 heteroatoms. The van der Waals surface area contributed by atoms with Gasteiger partial charge in [-0.1, -0.05) is 193 Å². The van der Waals surface area contributed by atoms with E-state index in [2.05, 4.69) is 251 Å². The lowest BCUT2D eigenvalue weighted by Crippen LogP contribution is -2.52. The number of aliphatic hydroxyl groups excluding tert-OH is 2. The van der Waals surface area contributed by atoms with Crippen molar-refractivity contribution < 1.29 is 42.9 Å². The Balaban J connectivity index is 0.000000278. The van der Waals surface area contributed by atoms with Crippen LogP contribution in [-0.2, 0) is 29.1 Å². The number of piperidine rings is 8. The summed E-state index contributed by atoms with van der Waals surface area (Å²) in [6.45, 7) is 111. The molecule has 0 unspecified atom stereocenters. The van der Waals surface area contributed by atoms with Crippen LogP contribution in [0.1, 0.15) is 343 Å². The van der Waals surface area contributed by atoms with Gasteiger partial charge >= 0.3 is 0 Å². The number of hydrogen-bond acceptors (Lipinski definition) is 21. The molecule has 0 aromatic rings. The first kappa shape index (κ1) is 128. The van der Waals surface area contributed by atoms with Gasteiger partial charge in [0.05, 0.1) is 18.0 Å². The van der Waals surface area contributed by atoms with Crippen LogP contribution in [0.15, 0.2) is 0 Å². The zero-order valence-corrected chi connectivity index (χ0v) is 98.6. The van der Waals surface area contributed by atoms with Gasteiger partial charge in [-0.05, 0) is 289 Å². The lowest BCUT2D eigenvalue weighted by atomic mass is 9.82. The third-order valence-electron chi connectivity index (χ3n) is 29.4. The van der Waals surface area contributed by atoms with E-state index in [0.717, 1.165) is 162 Å². The van der Waals surface area contributed by atoms with Crippen molar-refractivity contribution in [3.63, 3.8) is 0 Å². The van der Waals surface area contributed by atoms with Gasteiger partial charge in [0, 0.05) is 208 Å². The van der Waals surface area contributed by atoms with Gasteiger partial charge < -0.3 is 83.8 Å². The van der Waals surface area contributed by atoms with Crippen LogP contribution in [0.5, 0.6) is 0 Å². The third kappa shape index (κ3) is 56.5. The van der Waals surface area contributed by atoms with Gasteiger partial charge in [0.1, 0.15) is 12.7 Å². The van der Waals surface area contributed by atoms with E-state index in [4.69, 9.17) is 9.84 Å². The Bertz CT molecular complexity index is 3420. The van der Waals surface area contributed by atoms with Gasteiger partial charge in [0.2, 0.25) is 21.8 Å². The SMILES string of the molecule is CC(C)(C)CN1CCC(C(C)(C)O)CC1.CC(C)(C)CN1CCC(N2CCC2)CC1.CC(C)(C)CN1CCC(N2CCCC2)CC1.CC(C)(C)CN1CCC(N2CCCCC2)CC1.CC(C)(C)CN1CCC(N2CCCCC2=O)CC1.CC(C)(C)CN1CCN(C(=O)CO)CC1.CC(C)(C)CN1CCN(S(C)(=O)=O)CC1.COC1CCN(CC(C)(C)C)CC1.C[C@@H](O)C(=O)N1CCN(CC(C)(C)C)CC1. The molecule has 13 aliphatic rings. The molecule has 13 heterocycles. The summed E-state index contributed by atoms with van der Waals surface area (Å²) < 4.78 is 29.5. The summed E-state index contributed by atoms with van der Waals surface area (Å²) in [6, 6.07) is 3.23. The molecule has 0 spiro atoms. The van der Waals surface area contributed by atoms with Crippen molar-refractivity contribution in [3.8, 4) is 0 Å². The zero-order chi connectivity index (χ0) is 105. The van der Waals surface area contributed by atoms with Gasteiger partial charge in [-0.2, -0.15) is 4.31 Å². The molecule has 3 N–H and O–H groups in total. The lowest BCUT2D eigenvalue weighted by molar-refractivity contribution is -0.141. The van der Waals surface area contributed by atoms with Gasteiger partial charge in [-0.25, -0.2) is 8.42 Å². The first-order valence-corrected chi connectivity index (χ1v) is 58.6. The third-order valence-corrected chi connectivity index (χ3v) is 30.7. The fraction of sp³-hybridized carbons (Fsp3) is 0.974. The number of aliphatic hydroxyl groups is 3. The van der Waals surface area contributed by atoms with Gasteiger partial charge in [0.25, 0.3) is 5.91 Å². The van der Waals surface area contributed by atoms with Crippen LogP contribution in [-0.4, -0.2) is 443 Å². The second-order valence-corrected chi connectivity index (χ2v) is 58.3. The van der Waals surface area contributed by atoms with Crippen LogP contribution in [0.2, 0.25) is 0 Å². The topological polar surface area (TPSA) is 207 Å². The summed E-state index contributed by atoms with van der Waals surface area (Å²) in [5, 5.41) is 27.9. The fourth-order valence-corrected chi connectivity index (χ4v) is 23.9. The fourth-order valence-electron chi connectivity index (χ4n) is 23.0. The van der Waals surface area contributed by atoms with Crippen LogP contribution >= 0.6 is 0 Å². The number of sulfonamides is 1. The number of piperazine rings is 3. The molecule has 140 heavy (non-hydrogen) atoms. The molecule has 0 aliphatic carbocycles. The van der Waals surface area contributed by atoms with Crippen molar-refractivity contribution in [2.24, 2.45) is 54.7 Å². The second-order valence-electron chi connectivity index (χ2n) is 56.3. The summed E-state index contributed by atoms with van der Waals surface area (Å²) in [7, 11) is -1.16. The molecule has 0 aromatic carbocycles. The molecule has 1 atom stereocenters. The van der Waals surface area contributed by atoms with E-state index < -0.39 is 21.7 Å². The average molecular weight is 2000 g/mol. The normalized spacial score (nSPS) is 23.4. The highest BCUT2D eigenvalue weighted by atomic mass is 32.2. The van der Waals surface area contributed by atoms with Crippen molar-refractivity contribution in [1.82, 2.24) is 77.8 Å². The number of carbonyl (C=O) groups excluding carboxylic acids is 3. The largest absolute Gasteiger partial charge is 0.390 e. The Hall–Kier alpha value is -2.32. The molecular weight excluding hydrogens is 1770 g/mol. The van der Waals surface area contributed by atoms with E-state index in [1.54, 1.807) is 14.1 Å². The predicted molar refractivity (Wildman–Crippen MR) is 591 cm³/mol. The lowest BCUT2D eigenvalue weighted by Gasteiger charge is -2.44. The predicted octanol–water partition coefficient (Wildman–Crippen LogP) is 16.3. The highest BCUT2D eigenvalue weighted by Crippen LogP contribution is 2.34. The van der Waals surface area contributed by atoms with Crippen molar-refractivity contribution >= 4 is 27.7 Å². The number of methoxy groups -OCH3 is 1. The molecule has 826 valence electrons. The number of hydrogen-bond donors (Lipinski definition) is 3. The minimum atomic E-state index is -2.99. The standard InChI is InChI=1S/C15H28N2O.C15H30N2.C14H28N2.C13H26N2.C13H27NO.C12H24N2O2.C11H22N2O2.C11H23NO.C10H22N2O2S/c1-15(2,3)12-16-10-7-13(8-11-16)17-9-5-4-6-14(17)18;1-15(2,3)13-16-11-7-14(8-12-16)17-9-5-4-6-10-17;1-14(2,3)12-15-10-6-13(7-11-15)16-8-4-5-9-16;1-13(2,3)11-14-9-5-12(6-10-14)15-7-4-8-15;1-12(2,3)10-14-8-6-11(7-9-14)13(4,5)15;1-10(15)11(16)14-7-5-13(6-8-14)9-12(2,3)4;1-11(2,3)9-12-4-6-13(7-5-12)10(15)8-14;1-11(2,3)9-12-7-5-10(13-4)6-8-12;1-10(2,3)9-11-5-7-12(8-6-11)15(4,13)14/h13H,4-12H2,1-3H3;14H,4-13H2,1-3H3;13H,4-12H2,1-3H3;12H,4-11H2,1-3H3;11,15H,6-10H2,1-5H3;10,15H,5-9H2,1-4H3;14H,4-9H2,1-3H3;10H,5-9H2,1-4H3;5-9H2,1-4H3/t;;;;;10-;;;/m.....1.../s1. The molecule has 13 fully saturated rings. The highest BCUT2D eigenvalue weighted by Gasteiger charge is 2.38. The Labute approximate surface area is 864 Å². The Morgan fingerprint density at radius 1 is 0.321 bits per heavy atom.